The number of nitrogens with one attached hydrogen (secondary N) is 2. The fourth-order valence-electron chi connectivity index (χ4n) is 7.13. The molecule has 6 unspecified atom stereocenters. The Kier molecular flexibility index (Phi) is 9.35. The summed E-state index contributed by atoms with van der Waals surface area (Å²) in [6.07, 6.45) is 4.74. The fraction of sp³-hybridized carbons (Fsp3) is 0.500. The van der Waals surface area contributed by atoms with Crippen molar-refractivity contribution in [3.05, 3.63) is 72.6 Å². The quantitative estimate of drug-likeness (QED) is 0.217. The van der Waals surface area contributed by atoms with Crippen molar-refractivity contribution in [1.82, 2.24) is 29.7 Å². The van der Waals surface area contributed by atoms with Crippen LogP contribution in [0, 0.1) is 11.8 Å². The van der Waals surface area contributed by atoms with Gasteiger partial charge in [-0.1, -0.05) is 62.4 Å². The number of hydrogen-bond acceptors (Lipinski definition) is 6. The largest absolute Gasteiger partial charge is 0.444 e. The van der Waals surface area contributed by atoms with Crippen LogP contribution in [0.3, 0.4) is 0 Å². The van der Waals surface area contributed by atoms with Crippen molar-refractivity contribution in [1.29, 1.82) is 0 Å². The van der Waals surface area contributed by atoms with Gasteiger partial charge in [-0.25, -0.2) is 19.6 Å². The van der Waals surface area contributed by atoms with Gasteiger partial charge < -0.3 is 19.4 Å². The predicted molar refractivity (Wildman–Crippen MR) is 195 cm³/mol. The lowest BCUT2D eigenvalue weighted by atomic mass is 10.0. The Morgan fingerprint density at radius 1 is 0.600 bits per heavy atom. The van der Waals surface area contributed by atoms with E-state index in [1.165, 1.54) is 0 Å². The molecule has 2 aromatic carbocycles. The minimum atomic E-state index is -0.563. The van der Waals surface area contributed by atoms with Crippen LogP contribution in [0.1, 0.15) is 106 Å². The van der Waals surface area contributed by atoms with Gasteiger partial charge in [0.15, 0.2) is 0 Å². The molecule has 10 nitrogen and oxygen atoms in total. The highest BCUT2D eigenvalue weighted by molar-refractivity contribution is 5.73. The van der Waals surface area contributed by atoms with E-state index in [-0.39, 0.29) is 36.4 Å². The first-order valence-corrected chi connectivity index (χ1v) is 17.8. The average molecular weight is 681 g/mol. The Balaban J connectivity index is 1.14. The molecule has 2 aliphatic rings. The Labute approximate surface area is 296 Å². The lowest BCUT2D eigenvalue weighted by Gasteiger charge is -2.31. The van der Waals surface area contributed by atoms with Crippen LogP contribution in [-0.4, -0.2) is 65.2 Å². The minimum absolute atomic E-state index is 0.0545. The molecule has 4 aromatic rings. The molecule has 6 atom stereocenters. The summed E-state index contributed by atoms with van der Waals surface area (Å²) in [5.41, 5.74) is 4.93. The van der Waals surface area contributed by atoms with Crippen LogP contribution in [0.2, 0.25) is 0 Å². The fourth-order valence-corrected chi connectivity index (χ4v) is 7.13. The number of likely N-dealkylation sites (tertiary alicyclic amines) is 2. The lowest BCUT2D eigenvalue weighted by molar-refractivity contribution is 0.0130. The molecule has 2 fully saturated rings. The molecule has 6 rings (SSSR count). The van der Waals surface area contributed by atoms with Gasteiger partial charge in [0.25, 0.3) is 0 Å². The Hall–Kier alpha value is -4.60. The van der Waals surface area contributed by atoms with E-state index in [4.69, 9.17) is 19.4 Å². The van der Waals surface area contributed by atoms with Crippen LogP contribution in [0.4, 0.5) is 9.59 Å². The number of rotatable bonds is 5. The molecule has 0 spiro atoms. The van der Waals surface area contributed by atoms with Gasteiger partial charge in [0.05, 0.1) is 35.9 Å². The second kappa shape index (κ2) is 13.3. The van der Waals surface area contributed by atoms with E-state index >= 15 is 0 Å². The van der Waals surface area contributed by atoms with Gasteiger partial charge in [0.1, 0.15) is 22.9 Å². The Morgan fingerprint density at radius 2 is 0.920 bits per heavy atom. The smallest absolute Gasteiger partial charge is 0.411 e. The molecule has 2 aliphatic heterocycles. The second-order valence-corrected chi connectivity index (χ2v) is 16.2. The van der Waals surface area contributed by atoms with E-state index in [2.05, 4.69) is 86.2 Å². The Morgan fingerprint density at radius 3 is 1.24 bits per heavy atom. The number of hydrogen-bond donors (Lipinski definition) is 2. The van der Waals surface area contributed by atoms with Crippen LogP contribution in [0.5, 0.6) is 0 Å². The molecule has 2 amide bonds. The Bertz CT molecular complexity index is 1680. The molecule has 2 aromatic heterocycles. The van der Waals surface area contributed by atoms with Gasteiger partial charge >= 0.3 is 12.2 Å². The summed E-state index contributed by atoms with van der Waals surface area (Å²) >= 11 is 0. The van der Waals surface area contributed by atoms with Crippen molar-refractivity contribution in [2.24, 2.45) is 11.8 Å². The molecular weight excluding hydrogens is 628 g/mol. The van der Waals surface area contributed by atoms with Crippen LogP contribution < -0.4 is 0 Å². The number of aromatic amines is 2. The summed E-state index contributed by atoms with van der Waals surface area (Å²) in [4.78, 5) is 46.4. The first kappa shape index (κ1) is 35.2. The topological polar surface area (TPSA) is 116 Å². The molecule has 0 aliphatic carbocycles. The molecule has 0 radical (unpaired) electrons. The molecule has 2 N–H and O–H groups in total. The molecule has 0 bridgehead atoms. The normalized spacial score (nSPS) is 24.1. The van der Waals surface area contributed by atoms with Gasteiger partial charge in [-0.05, 0) is 102 Å². The molecule has 0 saturated carbocycles. The first-order chi connectivity index (χ1) is 23.5. The molecule has 2 saturated heterocycles. The maximum atomic E-state index is 13.1. The third kappa shape index (κ3) is 7.30. The average Bonchev–Trinajstić information content (AvgIpc) is 3.83. The van der Waals surface area contributed by atoms with E-state index in [0.717, 1.165) is 58.1 Å². The van der Waals surface area contributed by atoms with Crippen molar-refractivity contribution < 1.29 is 19.1 Å². The van der Waals surface area contributed by atoms with Gasteiger partial charge in [0, 0.05) is 12.1 Å². The van der Waals surface area contributed by atoms with Crippen LogP contribution in [0.25, 0.3) is 33.6 Å². The van der Waals surface area contributed by atoms with Crippen molar-refractivity contribution in [2.75, 3.05) is 0 Å². The summed E-state index contributed by atoms with van der Waals surface area (Å²) in [6, 6.07) is 16.6. The van der Waals surface area contributed by atoms with Gasteiger partial charge in [-0.3, -0.25) is 9.80 Å². The van der Waals surface area contributed by atoms with Crippen molar-refractivity contribution in [2.45, 2.75) is 117 Å². The summed E-state index contributed by atoms with van der Waals surface area (Å²) in [7, 11) is 0. The third-order valence-electron chi connectivity index (χ3n) is 10.1. The highest BCUT2D eigenvalue weighted by atomic mass is 16.6. The van der Waals surface area contributed by atoms with Crippen LogP contribution in [0.15, 0.2) is 60.9 Å². The van der Waals surface area contributed by atoms with E-state index < -0.39 is 11.2 Å². The number of nitrogens with zero attached hydrogens (tertiary/aromatic N) is 4. The minimum Gasteiger partial charge on any atom is -0.444 e. The first-order valence-electron chi connectivity index (χ1n) is 17.8. The summed E-state index contributed by atoms with van der Waals surface area (Å²) in [5, 5.41) is 0. The van der Waals surface area contributed by atoms with Gasteiger partial charge in [-0.2, -0.15) is 0 Å². The second-order valence-electron chi connectivity index (χ2n) is 16.2. The van der Waals surface area contributed by atoms with E-state index in [0.29, 0.717) is 11.8 Å². The zero-order valence-corrected chi connectivity index (χ0v) is 31.1. The summed E-state index contributed by atoms with van der Waals surface area (Å²) in [5.74, 6) is 2.21. The number of carbonyl (C=O) groups is 2. The van der Waals surface area contributed by atoms with Crippen molar-refractivity contribution >= 4 is 12.2 Å². The molecular formula is C40H52N6O4. The van der Waals surface area contributed by atoms with E-state index in [1.807, 2.05) is 63.7 Å². The molecule has 10 heteroatoms. The highest BCUT2D eigenvalue weighted by Gasteiger charge is 2.44. The maximum Gasteiger partial charge on any atom is 0.411 e. The van der Waals surface area contributed by atoms with E-state index in [9.17, 15) is 9.59 Å². The highest BCUT2D eigenvalue weighted by Crippen LogP contribution is 2.41. The monoisotopic (exact) mass is 680 g/mol. The summed E-state index contributed by atoms with van der Waals surface area (Å²) in [6.45, 7) is 19.8. The zero-order valence-electron chi connectivity index (χ0n) is 31.1. The maximum absolute atomic E-state index is 13.1. The number of amides is 2. The molecule has 4 heterocycles. The van der Waals surface area contributed by atoms with Gasteiger partial charge in [0.2, 0.25) is 0 Å². The van der Waals surface area contributed by atoms with Gasteiger partial charge in [-0.15, -0.1) is 0 Å². The van der Waals surface area contributed by atoms with Crippen molar-refractivity contribution in [3.63, 3.8) is 0 Å². The zero-order chi connectivity index (χ0) is 36.1. The van der Waals surface area contributed by atoms with E-state index in [1.54, 1.807) is 0 Å². The standard InChI is InChI=1S/C40H52N6O4/c1-23-19-33(45(25(23)3)37(47)49-39(5,6)7)35-41-21-31(43-35)29-15-11-27(12-16-29)28-13-17-30(18-14-28)32-22-42-36(44-32)34-20-24(2)26(4)46(34)38(48)50-40(8,9)10/h11-18,21-26,33-34H,19-20H2,1-10H3,(H,41,43)(H,42,44). The van der Waals surface area contributed by atoms with Crippen LogP contribution >= 0.6 is 0 Å². The number of aromatic nitrogens is 4. The SMILES string of the molecule is CC1CC(c2ncc(-c3ccc(-c4ccc(-c5cnc(C6CC(C)C(C)N6C(=O)OC(C)(C)C)[nH]5)cc4)cc3)[nH]2)N(C(=O)OC(C)(C)C)C1C. The van der Waals surface area contributed by atoms with Crippen molar-refractivity contribution in [3.8, 4) is 33.6 Å². The predicted octanol–water partition coefficient (Wildman–Crippen LogP) is 9.55. The molecule has 266 valence electrons. The number of H-pyrrole nitrogens is 2. The third-order valence-corrected chi connectivity index (χ3v) is 10.1. The lowest BCUT2D eigenvalue weighted by Crippen LogP contribution is -2.41. The number of imidazole rings is 2. The number of ether oxygens (including phenoxy) is 2. The number of carbonyl (C=O) groups excluding carboxylic acids is 2. The molecule has 50 heavy (non-hydrogen) atoms. The summed E-state index contributed by atoms with van der Waals surface area (Å²) < 4.78 is 11.5. The number of benzene rings is 2. The van der Waals surface area contributed by atoms with Crippen LogP contribution in [-0.2, 0) is 9.47 Å².